The molecular weight excluding hydrogens is 455 g/mol. The van der Waals surface area contributed by atoms with Gasteiger partial charge in [-0.05, 0) is 30.7 Å². The molecule has 1 N–H and O–H groups in total. The molecule has 3 aromatic rings. The van der Waals surface area contributed by atoms with Gasteiger partial charge in [-0.25, -0.2) is 9.37 Å². The van der Waals surface area contributed by atoms with Crippen LogP contribution in [0.3, 0.4) is 0 Å². The lowest BCUT2D eigenvalue weighted by Gasteiger charge is -2.34. The lowest BCUT2D eigenvalue weighted by molar-refractivity contribution is -0.132. The number of thiazole rings is 1. The maximum Gasteiger partial charge on any atom is 0.260 e. The molecule has 2 amide bonds. The second-order valence-corrected chi connectivity index (χ2v) is 8.82. The molecule has 1 aliphatic heterocycles. The summed E-state index contributed by atoms with van der Waals surface area (Å²) in [6, 6.07) is 6.02. The number of nitrogens with zero attached hydrogens (tertiary/aromatic N) is 3. The Kier molecular flexibility index (Phi) is 6.88. The lowest BCUT2D eigenvalue weighted by atomic mass is 10.2. The van der Waals surface area contributed by atoms with Crippen LogP contribution in [0.1, 0.15) is 27.4 Å². The van der Waals surface area contributed by atoms with Gasteiger partial charge in [0.05, 0.1) is 23.9 Å². The summed E-state index contributed by atoms with van der Waals surface area (Å²) in [6.45, 7) is 4.96. The standard InChI is InChI=1S/C22H22ClFN4O3S/c1-14-18(4-9-31-14)21(30)26-22-25-17(13-32-22)11-20(29)28-7-5-27(6-8-28)12-15-2-3-16(24)10-19(15)23/h2-4,9-10,13H,5-8,11-12H2,1H3,(H,25,26,30). The number of aromatic nitrogens is 1. The van der Waals surface area contributed by atoms with Crippen molar-refractivity contribution in [1.82, 2.24) is 14.8 Å². The predicted octanol–water partition coefficient (Wildman–Crippen LogP) is 3.98. The van der Waals surface area contributed by atoms with Crippen LogP contribution in [0.5, 0.6) is 0 Å². The van der Waals surface area contributed by atoms with E-state index in [0.29, 0.717) is 59.9 Å². The van der Waals surface area contributed by atoms with Crippen LogP contribution in [-0.2, 0) is 17.8 Å². The minimum absolute atomic E-state index is 0.00156. The smallest absolute Gasteiger partial charge is 0.260 e. The van der Waals surface area contributed by atoms with Crippen LogP contribution in [0.15, 0.2) is 40.3 Å². The summed E-state index contributed by atoms with van der Waals surface area (Å²) in [6.07, 6.45) is 1.64. The topological polar surface area (TPSA) is 78.7 Å². The molecule has 0 spiro atoms. The number of nitrogens with one attached hydrogen (secondary N) is 1. The van der Waals surface area contributed by atoms with Gasteiger partial charge in [0.1, 0.15) is 11.6 Å². The molecule has 0 unspecified atom stereocenters. The zero-order chi connectivity index (χ0) is 22.7. The number of hydrogen-bond acceptors (Lipinski definition) is 6. The number of piperazine rings is 1. The maximum atomic E-state index is 13.2. The maximum absolute atomic E-state index is 13.2. The molecule has 0 atom stereocenters. The molecule has 1 aliphatic rings. The molecule has 1 aromatic carbocycles. The summed E-state index contributed by atoms with van der Waals surface area (Å²) in [7, 11) is 0. The van der Waals surface area contributed by atoms with Crippen molar-refractivity contribution >= 4 is 39.9 Å². The number of halogens is 2. The number of benzene rings is 1. The van der Waals surface area contributed by atoms with E-state index >= 15 is 0 Å². The van der Waals surface area contributed by atoms with Gasteiger partial charge >= 0.3 is 0 Å². The molecule has 3 heterocycles. The number of amides is 2. The first kappa shape index (κ1) is 22.4. The summed E-state index contributed by atoms with van der Waals surface area (Å²) in [5, 5.41) is 5.38. The van der Waals surface area contributed by atoms with E-state index in [2.05, 4.69) is 15.2 Å². The first-order valence-electron chi connectivity index (χ1n) is 10.1. The average molecular weight is 477 g/mol. The molecule has 2 aromatic heterocycles. The van der Waals surface area contributed by atoms with E-state index in [9.17, 15) is 14.0 Å². The van der Waals surface area contributed by atoms with Gasteiger partial charge in [0.2, 0.25) is 5.91 Å². The van der Waals surface area contributed by atoms with E-state index in [1.807, 2.05) is 4.90 Å². The quantitative estimate of drug-likeness (QED) is 0.582. The monoisotopic (exact) mass is 476 g/mol. The fraction of sp³-hybridized carbons (Fsp3) is 0.318. The average Bonchev–Trinajstić information content (AvgIpc) is 3.39. The van der Waals surface area contributed by atoms with Crippen LogP contribution in [0.4, 0.5) is 9.52 Å². The van der Waals surface area contributed by atoms with E-state index < -0.39 is 0 Å². The van der Waals surface area contributed by atoms with E-state index in [-0.39, 0.29) is 24.1 Å². The Morgan fingerprint density at radius 2 is 2.03 bits per heavy atom. The van der Waals surface area contributed by atoms with Gasteiger partial charge in [0.15, 0.2) is 5.13 Å². The summed E-state index contributed by atoms with van der Waals surface area (Å²) in [5.41, 5.74) is 1.95. The number of hydrogen-bond donors (Lipinski definition) is 1. The number of furan rings is 1. The second kappa shape index (κ2) is 9.81. The Balaban J connectivity index is 1.26. The molecule has 0 aliphatic carbocycles. The highest BCUT2D eigenvalue weighted by Crippen LogP contribution is 2.21. The van der Waals surface area contributed by atoms with Crippen molar-refractivity contribution in [2.45, 2.75) is 19.9 Å². The lowest BCUT2D eigenvalue weighted by Crippen LogP contribution is -2.48. The van der Waals surface area contributed by atoms with Gasteiger partial charge in [-0.1, -0.05) is 17.7 Å². The summed E-state index contributed by atoms with van der Waals surface area (Å²) < 4.78 is 18.4. The van der Waals surface area contributed by atoms with Crippen molar-refractivity contribution in [1.29, 1.82) is 0 Å². The predicted molar refractivity (Wildman–Crippen MR) is 120 cm³/mol. The highest BCUT2D eigenvalue weighted by atomic mass is 35.5. The van der Waals surface area contributed by atoms with Crippen LogP contribution in [0, 0.1) is 12.7 Å². The van der Waals surface area contributed by atoms with Gasteiger partial charge in [0, 0.05) is 43.1 Å². The van der Waals surface area contributed by atoms with Gasteiger partial charge in [0.25, 0.3) is 5.91 Å². The molecular formula is C22H22ClFN4O3S. The van der Waals surface area contributed by atoms with E-state index in [4.69, 9.17) is 16.0 Å². The Bertz CT molecular complexity index is 1120. The molecule has 1 fully saturated rings. The molecule has 0 radical (unpaired) electrons. The van der Waals surface area contributed by atoms with Crippen LogP contribution in [0.2, 0.25) is 5.02 Å². The Morgan fingerprint density at radius 1 is 1.25 bits per heavy atom. The largest absolute Gasteiger partial charge is 0.469 e. The van der Waals surface area contributed by atoms with Crippen molar-refractivity contribution < 1.29 is 18.4 Å². The fourth-order valence-corrected chi connectivity index (χ4v) is 4.48. The molecule has 10 heteroatoms. The van der Waals surface area contributed by atoms with Crippen molar-refractivity contribution in [3.63, 3.8) is 0 Å². The zero-order valence-electron chi connectivity index (χ0n) is 17.4. The first-order valence-corrected chi connectivity index (χ1v) is 11.4. The van der Waals surface area contributed by atoms with Crippen molar-refractivity contribution in [3.05, 3.63) is 69.3 Å². The molecule has 32 heavy (non-hydrogen) atoms. The van der Waals surface area contributed by atoms with Crippen molar-refractivity contribution in [2.24, 2.45) is 0 Å². The third-order valence-electron chi connectivity index (χ3n) is 5.34. The van der Waals surface area contributed by atoms with Gasteiger partial charge in [-0.3, -0.25) is 19.8 Å². The minimum Gasteiger partial charge on any atom is -0.469 e. The van der Waals surface area contributed by atoms with E-state index in [1.54, 1.807) is 24.4 Å². The van der Waals surface area contributed by atoms with Crippen LogP contribution < -0.4 is 5.32 Å². The fourth-order valence-electron chi connectivity index (χ4n) is 3.54. The second-order valence-electron chi connectivity index (χ2n) is 7.56. The molecule has 4 rings (SSSR count). The number of carbonyl (C=O) groups is 2. The number of aryl methyl sites for hydroxylation is 1. The molecule has 1 saturated heterocycles. The molecule has 7 nitrogen and oxygen atoms in total. The first-order chi connectivity index (χ1) is 15.4. The van der Waals surface area contributed by atoms with Crippen molar-refractivity contribution in [2.75, 3.05) is 31.5 Å². The zero-order valence-corrected chi connectivity index (χ0v) is 19.0. The highest BCUT2D eigenvalue weighted by molar-refractivity contribution is 7.14. The molecule has 168 valence electrons. The Labute approximate surface area is 193 Å². The van der Waals surface area contributed by atoms with Gasteiger partial charge in [-0.2, -0.15) is 0 Å². The number of rotatable bonds is 6. The summed E-state index contributed by atoms with van der Waals surface area (Å²) >= 11 is 7.40. The summed E-state index contributed by atoms with van der Waals surface area (Å²) in [5.74, 6) is -0.106. The highest BCUT2D eigenvalue weighted by Gasteiger charge is 2.23. The Morgan fingerprint density at radius 3 is 2.72 bits per heavy atom. The van der Waals surface area contributed by atoms with Gasteiger partial charge < -0.3 is 9.32 Å². The van der Waals surface area contributed by atoms with Crippen molar-refractivity contribution in [3.8, 4) is 0 Å². The van der Waals surface area contributed by atoms with E-state index in [0.717, 1.165) is 5.56 Å². The minimum atomic E-state index is -0.351. The third-order valence-corrected chi connectivity index (χ3v) is 6.50. The van der Waals surface area contributed by atoms with Crippen LogP contribution in [0.25, 0.3) is 0 Å². The SMILES string of the molecule is Cc1occc1C(=O)Nc1nc(CC(=O)N2CCN(Cc3ccc(F)cc3Cl)CC2)cs1. The van der Waals surface area contributed by atoms with Gasteiger partial charge in [-0.15, -0.1) is 11.3 Å². The molecule has 0 bridgehead atoms. The molecule has 0 saturated carbocycles. The van der Waals surface area contributed by atoms with E-state index in [1.165, 1.54) is 29.7 Å². The van der Waals surface area contributed by atoms with Crippen LogP contribution in [-0.4, -0.2) is 52.8 Å². The number of carbonyl (C=O) groups excluding carboxylic acids is 2. The number of anilines is 1. The summed E-state index contributed by atoms with van der Waals surface area (Å²) in [4.78, 5) is 33.3. The van der Waals surface area contributed by atoms with Crippen LogP contribution >= 0.6 is 22.9 Å². The third kappa shape index (κ3) is 5.35. The normalized spacial score (nSPS) is 14.5. The Hall–Kier alpha value is -2.75.